The molecule has 0 saturated heterocycles. The Balaban J connectivity index is 4.11. The van der Waals surface area contributed by atoms with E-state index >= 15 is 0 Å². The number of hydrogen-bond acceptors (Lipinski definition) is 1. The Labute approximate surface area is 61.0 Å². The van der Waals surface area contributed by atoms with E-state index in [1.807, 2.05) is 6.92 Å². The van der Waals surface area contributed by atoms with Gasteiger partial charge in [0.2, 0.25) is 5.95 Å². The molecule has 0 rings (SSSR count). The van der Waals surface area contributed by atoms with Crippen molar-refractivity contribution in [3.8, 4) is 0 Å². The molecule has 56 valence electrons. The molecule has 0 aliphatic carbocycles. The van der Waals surface area contributed by atoms with Crippen LogP contribution in [0.4, 0.5) is 4.39 Å². The molecule has 0 heterocycles. The maximum Gasteiger partial charge on any atom is 0.212 e. The average Bonchev–Trinajstić information content (AvgIpc) is 1.88. The lowest BCUT2D eigenvalue weighted by atomic mass is 10.3. The summed E-state index contributed by atoms with van der Waals surface area (Å²) in [5.41, 5.74) is 0.788. The van der Waals surface area contributed by atoms with Crippen LogP contribution < -0.4 is 0 Å². The van der Waals surface area contributed by atoms with E-state index in [0.717, 1.165) is 12.1 Å². The van der Waals surface area contributed by atoms with Gasteiger partial charge >= 0.3 is 0 Å². The third-order valence-corrected chi connectivity index (χ3v) is 1.06. The van der Waals surface area contributed by atoms with Crippen molar-refractivity contribution in [2.45, 2.75) is 20.3 Å². The van der Waals surface area contributed by atoms with Crippen molar-refractivity contribution in [2.75, 3.05) is 0 Å². The second-order valence-electron chi connectivity index (χ2n) is 1.93. The summed E-state index contributed by atoms with van der Waals surface area (Å²) in [4.78, 5) is 3.62. The molecule has 0 N–H and O–H groups in total. The molecule has 1 nitrogen and oxygen atoms in total. The van der Waals surface area contributed by atoms with Gasteiger partial charge in [-0.05, 0) is 19.4 Å². The summed E-state index contributed by atoms with van der Waals surface area (Å²) in [6, 6.07) is 0. The van der Waals surface area contributed by atoms with Crippen molar-refractivity contribution >= 4 is 5.71 Å². The van der Waals surface area contributed by atoms with E-state index in [4.69, 9.17) is 0 Å². The van der Waals surface area contributed by atoms with Gasteiger partial charge < -0.3 is 0 Å². The molecule has 0 aromatic heterocycles. The number of allylic oxidation sites excluding steroid dienone is 2. The number of hydrogen-bond donors (Lipinski definition) is 0. The highest BCUT2D eigenvalue weighted by Gasteiger charge is 1.88. The quantitative estimate of drug-likeness (QED) is 0.325. The molecule has 0 aliphatic rings. The highest BCUT2D eigenvalue weighted by atomic mass is 19.1. The van der Waals surface area contributed by atoms with Crippen LogP contribution in [0, 0.1) is 0 Å². The van der Waals surface area contributed by atoms with Crippen molar-refractivity contribution in [2.24, 2.45) is 4.99 Å². The van der Waals surface area contributed by atoms with Crippen LogP contribution in [-0.4, -0.2) is 5.71 Å². The maximum absolute atomic E-state index is 12.4. The number of halogens is 1. The predicted molar refractivity (Wildman–Crippen MR) is 42.8 cm³/mol. The monoisotopic (exact) mass is 141 g/mol. The average molecular weight is 141 g/mol. The van der Waals surface area contributed by atoms with Crippen LogP contribution in [0.1, 0.15) is 20.3 Å². The van der Waals surface area contributed by atoms with Crippen LogP contribution in [0.3, 0.4) is 0 Å². The minimum absolute atomic E-state index is 0.477. The Morgan fingerprint density at radius 1 is 1.70 bits per heavy atom. The Morgan fingerprint density at radius 3 is 2.70 bits per heavy atom. The Hall–Kier alpha value is -0.920. The number of rotatable bonds is 3. The standard InChI is InChI=1S/C8H12FN/c1-4-6-8(9)10-7(3)5-2/h4,6H,1,5H2,2-3H3/b8-6-,10-7?. The van der Waals surface area contributed by atoms with Crippen LogP contribution in [0.5, 0.6) is 0 Å². The second kappa shape index (κ2) is 4.91. The fourth-order valence-electron chi connectivity index (χ4n) is 0.396. The molecular formula is C8H12FN. The van der Waals surface area contributed by atoms with Gasteiger partial charge in [-0.2, -0.15) is 4.39 Å². The molecule has 0 aromatic carbocycles. The molecule has 0 radical (unpaired) electrons. The molecule has 0 fully saturated rings. The summed E-state index contributed by atoms with van der Waals surface area (Å²) in [6.07, 6.45) is 3.39. The van der Waals surface area contributed by atoms with E-state index < -0.39 is 5.95 Å². The Kier molecular flexibility index (Phi) is 4.46. The smallest absolute Gasteiger partial charge is 0.212 e. The van der Waals surface area contributed by atoms with Gasteiger partial charge in [-0.15, -0.1) is 0 Å². The lowest BCUT2D eigenvalue weighted by Crippen LogP contribution is -1.85. The van der Waals surface area contributed by atoms with Crippen LogP contribution in [-0.2, 0) is 0 Å². The fraction of sp³-hybridized carbons (Fsp3) is 0.375. The van der Waals surface area contributed by atoms with Gasteiger partial charge in [-0.1, -0.05) is 19.6 Å². The topological polar surface area (TPSA) is 12.4 Å². The largest absolute Gasteiger partial charge is 0.230 e. The van der Waals surface area contributed by atoms with Crippen molar-refractivity contribution in [1.82, 2.24) is 0 Å². The summed E-state index contributed by atoms with van der Waals surface area (Å²) in [7, 11) is 0. The third-order valence-electron chi connectivity index (χ3n) is 1.06. The van der Waals surface area contributed by atoms with E-state index in [1.165, 1.54) is 12.2 Å². The van der Waals surface area contributed by atoms with Crippen molar-refractivity contribution < 1.29 is 4.39 Å². The molecule has 0 aliphatic heterocycles. The van der Waals surface area contributed by atoms with Crippen LogP contribution in [0.2, 0.25) is 0 Å². The predicted octanol–water partition coefficient (Wildman–Crippen LogP) is 2.85. The van der Waals surface area contributed by atoms with Gasteiger partial charge in [0, 0.05) is 5.71 Å². The lowest BCUT2D eigenvalue weighted by Gasteiger charge is -1.90. The fourth-order valence-corrected chi connectivity index (χ4v) is 0.396. The minimum atomic E-state index is -0.477. The molecule has 0 aromatic rings. The number of nitrogens with zero attached hydrogens (tertiary/aromatic N) is 1. The molecule has 0 unspecified atom stereocenters. The van der Waals surface area contributed by atoms with Crippen LogP contribution >= 0.6 is 0 Å². The first-order valence-electron chi connectivity index (χ1n) is 3.23. The summed E-state index contributed by atoms with van der Waals surface area (Å²) >= 11 is 0. The minimum Gasteiger partial charge on any atom is -0.230 e. The normalized spacial score (nSPS) is 13.5. The Bertz CT molecular complexity index is 168. The SMILES string of the molecule is C=C/C=C(/F)N=C(C)CC. The highest BCUT2D eigenvalue weighted by molar-refractivity contribution is 5.82. The van der Waals surface area contributed by atoms with Crippen LogP contribution in [0.25, 0.3) is 0 Å². The molecule has 2 heteroatoms. The van der Waals surface area contributed by atoms with Crippen molar-refractivity contribution in [1.29, 1.82) is 0 Å². The summed E-state index contributed by atoms with van der Waals surface area (Å²) in [6.45, 7) is 7.07. The molecule has 0 amide bonds. The zero-order chi connectivity index (χ0) is 7.98. The van der Waals surface area contributed by atoms with E-state index in [9.17, 15) is 4.39 Å². The highest BCUT2D eigenvalue weighted by Crippen LogP contribution is 1.99. The first kappa shape index (κ1) is 9.08. The molecule has 0 saturated carbocycles. The van der Waals surface area contributed by atoms with Crippen LogP contribution in [0.15, 0.2) is 29.7 Å². The molecule has 0 bridgehead atoms. The van der Waals surface area contributed by atoms with Crippen molar-refractivity contribution in [3.63, 3.8) is 0 Å². The van der Waals surface area contributed by atoms with E-state index in [2.05, 4.69) is 11.6 Å². The van der Waals surface area contributed by atoms with Gasteiger partial charge in [-0.3, -0.25) is 0 Å². The molecule has 0 spiro atoms. The second-order valence-corrected chi connectivity index (χ2v) is 1.93. The van der Waals surface area contributed by atoms with E-state index in [-0.39, 0.29) is 0 Å². The summed E-state index contributed by atoms with van der Waals surface area (Å²) < 4.78 is 12.4. The third kappa shape index (κ3) is 4.01. The van der Waals surface area contributed by atoms with Gasteiger partial charge in [-0.25, -0.2) is 4.99 Å². The molecule has 0 atom stereocenters. The van der Waals surface area contributed by atoms with Gasteiger partial charge in [0.1, 0.15) is 0 Å². The zero-order valence-corrected chi connectivity index (χ0v) is 6.39. The summed E-state index contributed by atoms with van der Waals surface area (Å²) in [5, 5.41) is 0. The maximum atomic E-state index is 12.4. The zero-order valence-electron chi connectivity index (χ0n) is 6.39. The van der Waals surface area contributed by atoms with Gasteiger partial charge in [0.05, 0.1) is 0 Å². The molecular weight excluding hydrogens is 129 g/mol. The lowest BCUT2D eigenvalue weighted by molar-refractivity contribution is 0.627. The van der Waals surface area contributed by atoms with E-state index in [0.29, 0.717) is 0 Å². The van der Waals surface area contributed by atoms with Gasteiger partial charge in [0.25, 0.3) is 0 Å². The Morgan fingerprint density at radius 2 is 2.30 bits per heavy atom. The van der Waals surface area contributed by atoms with Gasteiger partial charge in [0.15, 0.2) is 0 Å². The van der Waals surface area contributed by atoms with E-state index in [1.54, 1.807) is 6.92 Å². The first-order chi connectivity index (χ1) is 4.70. The first-order valence-corrected chi connectivity index (χ1v) is 3.23. The number of aliphatic imine (C=N–C) groups is 1. The van der Waals surface area contributed by atoms with Crippen molar-refractivity contribution in [3.05, 3.63) is 24.7 Å². The molecule has 10 heavy (non-hydrogen) atoms. The summed E-state index contributed by atoms with van der Waals surface area (Å²) in [5.74, 6) is -0.477.